The van der Waals surface area contributed by atoms with Crippen LogP contribution in [0.15, 0.2) is 30.3 Å². The summed E-state index contributed by atoms with van der Waals surface area (Å²) in [7, 11) is 0. The number of hydrogen-bond donors (Lipinski definition) is 0. The molecule has 0 spiro atoms. The van der Waals surface area contributed by atoms with Crippen molar-refractivity contribution in [2.24, 2.45) is 0 Å². The van der Waals surface area contributed by atoms with Gasteiger partial charge in [-0.2, -0.15) is 0 Å². The SMILES string of the molecule is Fc1cc(C(Br)Cc2c(F)cccc2Cl)cc(F)c1F. The second-order valence-corrected chi connectivity index (χ2v) is 5.68. The summed E-state index contributed by atoms with van der Waals surface area (Å²) in [6.45, 7) is 0. The minimum absolute atomic E-state index is 0.0794. The van der Waals surface area contributed by atoms with E-state index in [0.717, 1.165) is 12.1 Å². The molecule has 0 aliphatic heterocycles. The first-order valence-corrected chi connectivity index (χ1v) is 6.91. The Morgan fingerprint density at radius 1 is 1.00 bits per heavy atom. The minimum atomic E-state index is -1.53. The molecule has 0 N–H and O–H groups in total. The van der Waals surface area contributed by atoms with Crippen molar-refractivity contribution in [2.75, 3.05) is 0 Å². The highest BCUT2D eigenvalue weighted by Crippen LogP contribution is 2.32. The number of benzene rings is 2. The third-order valence-corrected chi connectivity index (χ3v) is 4.02. The van der Waals surface area contributed by atoms with Crippen molar-refractivity contribution in [3.05, 3.63) is 69.8 Å². The van der Waals surface area contributed by atoms with Crippen molar-refractivity contribution < 1.29 is 17.6 Å². The second kappa shape index (κ2) is 6.14. The molecule has 2 aromatic carbocycles. The zero-order chi connectivity index (χ0) is 14.9. The third kappa shape index (κ3) is 3.15. The first kappa shape index (κ1) is 15.3. The van der Waals surface area contributed by atoms with Gasteiger partial charge >= 0.3 is 0 Å². The molecular weight excluding hydrogens is 360 g/mol. The van der Waals surface area contributed by atoms with Gasteiger partial charge in [-0.15, -0.1) is 0 Å². The van der Waals surface area contributed by atoms with Gasteiger partial charge in [-0.3, -0.25) is 0 Å². The van der Waals surface area contributed by atoms with E-state index < -0.39 is 28.1 Å². The van der Waals surface area contributed by atoms with Gasteiger partial charge in [0.05, 0.1) is 0 Å². The van der Waals surface area contributed by atoms with E-state index >= 15 is 0 Å². The van der Waals surface area contributed by atoms with Gasteiger partial charge in [-0.25, -0.2) is 17.6 Å². The van der Waals surface area contributed by atoms with Crippen molar-refractivity contribution >= 4 is 27.5 Å². The molecule has 1 atom stereocenters. The van der Waals surface area contributed by atoms with E-state index in [1.807, 2.05) is 0 Å². The molecule has 106 valence electrons. The number of hydrogen-bond acceptors (Lipinski definition) is 0. The lowest BCUT2D eigenvalue weighted by Gasteiger charge is -2.13. The van der Waals surface area contributed by atoms with E-state index in [4.69, 9.17) is 11.6 Å². The summed E-state index contributed by atoms with van der Waals surface area (Å²) in [6.07, 6.45) is 0.0794. The molecule has 2 aromatic rings. The normalized spacial score (nSPS) is 12.5. The molecule has 0 aliphatic rings. The lowest BCUT2D eigenvalue weighted by molar-refractivity contribution is 0.445. The molecule has 1 unspecified atom stereocenters. The van der Waals surface area contributed by atoms with Crippen LogP contribution < -0.4 is 0 Å². The van der Waals surface area contributed by atoms with Crippen LogP contribution in [0, 0.1) is 23.3 Å². The number of halogens is 6. The average Bonchev–Trinajstić information content (AvgIpc) is 2.39. The molecule has 0 nitrogen and oxygen atoms in total. The number of alkyl halides is 1. The van der Waals surface area contributed by atoms with Gasteiger partial charge in [0.25, 0.3) is 0 Å². The van der Waals surface area contributed by atoms with Crippen LogP contribution in [0.3, 0.4) is 0 Å². The van der Waals surface area contributed by atoms with E-state index in [1.54, 1.807) is 0 Å². The van der Waals surface area contributed by atoms with Gasteiger partial charge in [0, 0.05) is 15.4 Å². The van der Waals surface area contributed by atoms with E-state index in [1.165, 1.54) is 18.2 Å². The van der Waals surface area contributed by atoms with Crippen molar-refractivity contribution in [1.29, 1.82) is 0 Å². The molecule has 6 heteroatoms. The fourth-order valence-corrected chi connectivity index (χ4v) is 2.61. The Kier molecular flexibility index (Phi) is 4.70. The average molecular weight is 368 g/mol. The second-order valence-electron chi connectivity index (χ2n) is 4.17. The molecule has 0 saturated heterocycles. The van der Waals surface area contributed by atoms with Gasteiger partial charge in [0.15, 0.2) is 17.5 Å². The molecule has 0 fully saturated rings. The van der Waals surface area contributed by atoms with Crippen LogP contribution in [0.2, 0.25) is 5.02 Å². The third-order valence-electron chi connectivity index (χ3n) is 2.81. The molecule has 0 radical (unpaired) electrons. The monoisotopic (exact) mass is 366 g/mol. The van der Waals surface area contributed by atoms with E-state index in [0.29, 0.717) is 0 Å². The topological polar surface area (TPSA) is 0 Å². The Morgan fingerprint density at radius 3 is 2.15 bits per heavy atom. The van der Waals surface area contributed by atoms with Crippen LogP contribution in [0.4, 0.5) is 17.6 Å². The summed E-state index contributed by atoms with van der Waals surface area (Å²) in [4.78, 5) is -0.596. The zero-order valence-corrected chi connectivity index (χ0v) is 12.3. The molecule has 0 aliphatic carbocycles. The largest absolute Gasteiger partial charge is 0.207 e. The highest BCUT2D eigenvalue weighted by atomic mass is 79.9. The zero-order valence-electron chi connectivity index (χ0n) is 9.94. The molecule has 0 amide bonds. The molecule has 20 heavy (non-hydrogen) atoms. The summed E-state index contributed by atoms with van der Waals surface area (Å²) >= 11 is 9.08. The Morgan fingerprint density at radius 2 is 1.60 bits per heavy atom. The van der Waals surface area contributed by atoms with Crippen molar-refractivity contribution in [1.82, 2.24) is 0 Å². The summed E-state index contributed by atoms with van der Waals surface area (Å²) in [6, 6.07) is 5.96. The fraction of sp³-hybridized carbons (Fsp3) is 0.143. The van der Waals surface area contributed by atoms with Gasteiger partial charge in [-0.05, 0) is 36.2 Å². The predicted octanol–water partition coefficient (Wildman–Crippen LogP) is 5.58. The van der Waals surface area contributed by atoms with Crippen molar-refractivity contribution in [2.45, 2.75) is 11.2 Å². The van der Waals surface area contributed by atoms with Crippen LogP contribution in [-0.2, 0) is 6.42 Å². The Balaban J connectivity index is 2.31. The maximum absolute atomic E-state index is 13.6. The summed E-state index contributed by atoms with van der Waals surface area (Å²) < 4.78 is 52.8. The maximum atomic E-state index is 13.6. The molecule has 0 saturated carbocycles. The highest BCUT2D eigenvalue weighted by molar-refractivity contribution is 9.09. The van der Waals surface area contributed by atoms with Crippen molar-refractivity contribution in [3.63, 3.8) is 0 Å². The van der Waals surface area contributed by atoms with Crippen LogP contribution >= 0.6 is 27.5 Å². The first-order valence-electron chi connectivity index (χ1n) is 5.61. The van der Waals surface area contributed by atoms with E-state index in [-0.39, 0.29) is 22.6 Å². The molecule has 0 aromatic heterocycles. The lowest BCUT2D eigenvalue weighted by atomic mass is 10.0. The van der Waals surface area contributed by atoms with Gasteiger partial charge in [0.1, 0.15) is 5.82 Å². The Labute approximate surface area is 126 Å². The van der Waals surface area contributed by atoms with Crippen LogP contribution in [0.25, 0.3) is 0 Å². The van der Waals surface area contributed by atoms with Gasteiger partial charge in [-0.1, -0.05) is 33.6 Å². The predicted molar refractivity (Wildman–Crippen MR) is 73.1 cm³/mol. The van der Waals surface area contributed by atoms with Gasteiger partial charge < -0.3 is 0 Å². The van der Waals surface area contributed by atoms with E-state index in [2.05, 4.69) is 15.9 Å². The molecular formula is C14H8BrClF4. The number of rotatable bonds is 3. The first-order chi connectivity index (χ1) is 9.40. The minimum Gasteiger partial charge on any atom is -0.207 e. The fourth-order valence-electron chi connectivity index (χ4n) is 1.78. The van der Waals surface area contributed by atoms with Crippen LogP contribution in [0.5, 0.6) is 0 Å². The van der Waals surface area contributed by atoms with E-state index in [9.17, 15) is 17.6 Å². The van der Waals surface area contributed by atoms with Crippen molar-refractivity contribution in [3.8, 4) is 0 Å². The van der Waals surface area contributed by atoms with Crippen LogP contribution in [0.1, 0.15) is 16.0 Å². The highest BCUT2D eigenvalue weighted by Gasteiger charge is 2.18. The molecule has 0 heterocycles. The molecule has 2 rings (SSSR count). The Bertz CT molecular complexity index is 602. The summed E-state index contributed by atoms with van der Waals surface area (Å²) in [5, 5.41) is 0.220. The summed E-state index contributed by atoms with van der Waals surface area (Å²) in [5.74, 6) is -4.62. The Hall–Kier alpha value is -1.07. The lowest BCUT2D eigenvalue weighted by Crippen LogP contribution is -2.02. The quantitative estimate of drug-likeness (QED) is 0.378. The van der Waals surface area contributed by atoms with Crippen LogP contribution in [-0.4, -0.2) is 0 Å². The maximum Gasteiger partial charge on any atom is 0.194 e. The summed E-state index contributed by atoms with van der Waals surface area (Å²) in [5.41, 5.74) is 0.391. The standard InChI is InChI=1S/C14H8BrClF4/c15-9(6-8-10(16)2-1-3-11(8)17)7-4-12(18)14(20)13(19)5-7/h1-5,9H,6H2. The van der Waals surface area contributed by atoms with Gasteiger partial charge in [0.2, 0.25) is 0 Å². The molecule has 0 bridgehead atoms. The smallest absolute Gasteiger partial charge is 0.194 e.